The molecule has 1 rings (SSSR count). The normalized spacial score (nSPS) is 11.8. The third-order valence-electron chi connectivity index (χ3n) is 1.96. The largest absolute Gasteiger partial charge is 0.351 e. The molecule has 0 fully saturated rings. The van der Waals surface area contributed by atoms with Crippen molar-refractivity contribution in [2.45, 2.75) is 13.0 Å². The summed E-state index contributed by atoms with van der Waals surface area (Å²) in [5.74, 6) is -0.463. The van der Waals surface area contributed by atoms with Crippen LogP contribution in [0.3, 0.4) is 0 Å². The summed E-state index contributed by atoms with van der Waals surface area (Å²) in [7, 11) is 0. The fourth-order valence-electron chi connectivity index (χ4n) is 1.16. The number of nitrogens with one attached hydrogen (secondary N) is 2. The quantitative estimate of drug-likeness (QED) is 0.664. The molecule has 0 aromatic carbocycles. The van der Waals surface area contributed by atoms with Gasteiger partial charge in [0.2, 0.25) is 5.91 Å². The number of carbonyl (C=O) groups excluding carboxylic acids is 2. The van der Waals surface area contributed by atoms with Crippen molar-refractivity contribution in [2.75, 3.05) is 6.54 Å². The van der Waals surface area contributed by atoms with Gasteiger partial charge in [0.25, 0.3) is 0 Å². The zero-order chi connectivity index (χ0) is 12.0. The molecule has 86 valence electrons. The highest BCUT2D eigenvalue weighted by atomic mass is 16.2. The molecule has 1 unspecified atom stereocenters. The average molecular weight is 222 g/mol. The molecule has 1 aromatic heterocycles. The molecule has 0 saturated carbocycles. The van der Waals surface area contributed by atoms with E-state index in [1.807, 2.05) is 30.4 Å². The van der Waals surface area contributed by atoms with Crippen LogP contribution < -0.4 is 16.4 Å². The van der Waals surface area contributed by atoms with Crippen LogP contribution in [0.25, 0.3) is 0 Å². The van der Waals surface area contributed by atoms with Gasteiger partial charge in [0, 0.05) is 12.2 Å². The van der Waals surface area contributed by atoms with Crippen molar-refractivity contribution in [3.8, 4) is 0 Å². The molecule has 0 radical (unpaired) electrons. The highest BCUT2D eigenvalue weighted by Crippen LogP contribution is 2.06. The lowest BCUT2D eigenvalue weighted by atomic mass is 10.2. The Morgan fingerprint density at radius 3 is 2.81 bits per heavy atom. The van der Waals surface area contributed by atoms with Crippen LogP contribution in [0.4, 0.5) is 4.79 Å². The summed E-state index contributed by atoms with van der Waals surface area (Å²) >= 11 is 0. The number of primary amides is 1. The highest BCUT2D eigenvalue weighted by molar-refractivity contribution is 5.94. The Hall–Kier alpha value is -1.95. The molecular weight excluding hydrogens is 208 g/mol. The van der Waals surface area contributed by atoms with Gasteiger partial charge in [0.05, 0.1) is 12.2 Å². The van der Waals surface area contributed by atoms with E-state index in [1.165, 1.54) is 0 Å². The molecule has 6 heteroatoms. The number of nitrogens with two attached hydrogens (primary N) is 1. The van der Waals surface area contributed by atoms with Crippen LogP contribution in [0, 0.1) is 0 Å². The fraction of sp³-hybridized carbons (Fsp3) is 0.300. The van der Waals surface area contributed by atoms with E-state index >= 15 is 0 Å². The van der Waals surface area contributed by atoms with E-state index in [2.05, 4.69) is 10.3 Å². The van der Waals surface area contributed by atoms with Gasteiger partial charge in [-0.25, -0.2) is 4.79 Å². The Morgan fingerprint density at radius 1 is 1.50 bits per heavy atom. The Morgan fingerprint density at radius 2 is 2.25 bits per heavy atom. The molecule has 1 heterocycles. The number of rotatable bonds is 4. The maximum atomic E-state index is 11.1. The van der Waals surface area contributed by atoms with Crippen LogP contribution in [0.5, 0.6) is 0 Å². The minimum Gasteiger partial charge on any atom is -0.351 e. The van der Waals surface area contributed by atoms with Crippen molar-refractivity contribution in [1.82, 2.24) is 15.6 Å². The molecule has 0 aliphatic rings. The first-order valence-electron chi connectivity index (χ1n) is 4.83. The van der Waals surface area contributed by atoms with Crippen LogP contribution in [0.15, 0.2) is 24.4 Å². The van der Waals surface area contributed by atoms with Gasteiger partial charge in [-0.15, -0.1) is 0 Å². The summed E-state index contributed by atoms with van der Waals surface area (Å²) in [5.41, 5.74) is 5.63. The van der Waals surface area contributed by atoms with E-state index in [9.17, 15) is 9.59 Å². The van der Waals surface area contributed by atoms with Gasteiger partial charge in [-0.05, 0) is 19.1 Å². The topological polar surface area (TPSA) is 97.1 Å². The van der Waals surface area contributed by atoms with Gasteiger partial charge < -0.3 is 11.1 Å². The van der Waals surface area contributed by atoms with Crippen molar-refractivity contribution < 1.29 is 9.59 Å². The van der Waals surface area contributed by atoms with E-state index in [0.717, 1.165) is 5.69 Å². The monoisotopic (exact) mass is 222 g/mol. The number of carbonyl (C=O) groups is 2. The van der Waals surface area contributed by atoms with E-state index < -0.39 is 11.9 Å². The fourth-order valence-corrected chi connectivity index (χ4v) is 1.16. The lowest BCUT2D eigenvalue weighted by Crippen LogP contribution is -2.41. The number of pyridine rings is 1. The number of nitrogens with zero attached hydrogens (tertiary/aromatic N) is 1. The van der Waals surface area contributed by atoms with Crippen LogP contribution in [0.1, 0.15) is 18.7 Å². The molecule has 0 spiro atoms. The predicted molar refractivity (Wildman–Crippen MR) is 58.4 cm³/mol. The second-order valence-corrected chi connectivity index (χ2v) is 3.27. The number of hydrogen-bond acceptors (Lipinski definition) is 4. The van der Waals surface area contributed by atoms with E-state index in [1.54, 1.807) is 6.20 Å². The first kappa shape index (κ1) is 12.1. The summed E-state index contributed by atoms with van der Waals surface area (Å²) in [4.78, 5) is 25.6. The van der Waals surface area contributed by atoms with Crippen molar-refractivity contribution >= 4 is 11.9 Å². The van der Waals surface area contributed by atoms with Crippen molar-refractivity contribution in [2.24, 2.45) is 5.73 Å². The zero-order valence-electron chi connectivity index (χ0n) is 8.93. The van der Waals surface area contributed by atoms with Gasteiger partial charge in [0.1, 0.15) is 0 Å². The third kappa shape index (κ3) is 4.05. The molecule has 0 saturated heterocycles. The lowest BCUT2D eigenvalue weighted by Gasteiger charge is -2.12. The van der Waals surface area contributed by atoms with Crippen molar-refractivity contribution in [1.29, 1.82) is 0 Å². The predicted octanol–water partition coefficient (Wildman–Crippen LogP) is -0.0729. The van der Waals surface area contributed by atoms with E-state index in [-0.39, 0.29) is 12.6 Å². The summed E-state index contributed by atoms with van der Waals surface area (Å²) in [6.45, 7) is 1.89. The van der Waals surface area contributed by atoms with Crippen molar-refractivity contribution in [3.63, 3.8) is 0 Å². The van der Waals surface area contributed by atoms with E-state index in [4.69, 9.17) is 5.73 Å². The summed E-state index contributed by atoms with van der Waals surface area (Å²) in [5, 5.41) is 4.89. The molecule has 0 bridgehead atoms. The first-order chi connectivity index (χ1) is 7.59. The second-order valence-electron chi connectivity index (χ2n) is 3.27. The third-order valence-corrected chi connectivity index (χ3v) is 1.96. The Labute approximate surface area is 93.2 Å². The molecule has 3 amide bonds. The molecule has 4 N–H and O–H groups in total. The second kappa shape index (κ2) is 5.82. The molecule has 1 aromatic rings. The number of imide groups is 1. The Kier molecular flexibility index (Phi) is 4.41. The standard InChI is InChI=1S/C10H14N4O2/c1-7(8-4-2-3-5-12-8)13-6-9(15)14-10(11)16/h2-5,7,13H,6H2,1H3,(H3,11,14,15,16). The number of amides is 3. The van der Waals surface area contributed by atoms with E-state index in [0.29, 0.717) is 0 Å². The minimum atomic E-state index is -0.850. The van der Waals surface area contributed by atoms with Crippen LogP contribution in [0.2, 0.25) is 0 Å². The average Bonchev–Trinajstić information content (AvgIpc) is 2.26. The van der Waals surface area contributed by atoms with Gasteiger partial charge >= 0.3 is 6.03 Å². The zero-order valence-corrected chi connectivity index (χ0v) is 8.93. The van der Waals surface area contributed by atoms with Gasteiger partial charge in [-0.2, -0.15) is 0 Å². The number of aromatic nitrogens is 1. The minimum absolute atomic E-state index is 0.0146. The smallest absolute Gasteiger partial charge is 0.318 e. The number of urea groups is 1. The SMILES string of the molecule is CC(NCC(=O)NC(N)=O)c1ccccn1. The molecule has 16 heavy (non-hydrogen) atoms. The lowest BCUT2D eigenvalue weighted by molar-refractivity contribution is -0.119. The summed E-state index contributed by atoms with van der Waals surface area (Å²) in [6.07, 6.45) is 1.68. The Bertz CT molecular complexity index is 366. The molecule has 1 atom stereocenters. The van der Waals surface area contributed by atoms with Gasteiger partial charge in [-0.3, -0.25) is 15.1 Å². The number of hydrogen-bond donors (Lipinski definition) is 3. The summed E-state index contributed by atoms with van der Waals surface area (Å²) < 4.78 is 0. The van der Waals surface area contributed by atoms with Crippen molar-refractivity contribution in [3.05, 3.63) is 30.1 Å². The van der Waals surface area contributed by atoms with Gasteiger partial charge in [-0.1, -0.05) is 6.07 Å². The van der Waals surface area contributed by atoms with Crippen LogP contribution in [-0.4, -0.2) is 23.5 Å². The van der Waals surface area contributed by atoms with Gasteiger partial charge in [0.15, 0.2) is 0 Å². The summed E-state index contributed by atoms with van der Waals surface area (Å²) in [6, 6.07) is 4.61. The molecular formula is C10H14N4O2. The first-order valence-corrected chi connectivity index (χ1v) is 4.83. The Balaban J connectivity index is 2.39. The maximum absolute atomic E-state index is 11.1. The van der Waals surface area contributed by atoms with Crippen LogP contribution >= 0.6 is 0 Å². The maximum Gasteiger partial charge on any atom is 0.318 e. The molecule has 0 aliphatic heterocycles. The van der Waals surface area contributed by atoms with Crippen LogP contribution in [-0.2, 0) is 4.79 Å². The highest BCUT2D eigenvalue weighted by Gasteiger charge is 2.08. The molecule has 0 aliphatic carbocycles. The molecule has 6 nitrogen and oxygen atoms in total.